The van der Waals surface area contributed by atoms with Crippen LogP contribution in [0.5, 0.6) is 0 Å². The number of allylic oxidation sites excluding steroid dienone is 2. The summed E-state index contributed by atoms with van der Waals surface area (Å²) in [5, 5.41) is 0. The molecule has 6 heteroatoms. The molecule has 6 bridgehead atoms. The number of rotatable bonds is 7. The van der Waals surface area contributed by atoms with Crippen LogP contribution < -0.4 is 0 Å². The first-order valence-electron chi connectivity index (χ1n) is 16.0. The van der Waals surface area contributed by atoms with Crippen LogP contribution in [0.4, 0.5) is 0 Å². The zero-order valence-corrected chi connectivity index (χ0v) is 25.6. The minimum atomic E-state index is -0.652. The van der Waals surface area contributed by atoms with Gasteiger partial charge in [0, 0.05) is 0 Å². The highest BCUT2D eigenvalue weighted by atomic mass is 16.6. The van der Waals surface area contributed by atoms with Gasteiger partial charge in [-0.15, -0.1) is 0 Å². The van der Waals surface area contributed by atoms with E-state index in [-0.39, 0.29) is 35.7 Å². The van der Waals surface area contributed by atoms with E-state index in [1.54, 1.807) is 0 Å². The van der Waals surface area contributed by atoms with Gasteiger partial charge in [0.25, 0.3) is 0 Å². The van der Waals surface area contributed by atoms with Gasteiger partial charge in [-0.25, -0.2) is 0 Å². The van der Waals surface area contributed by atoms with Gasteiger partial charge >= 0.3 is 17.9 Å². The van der Waals surface area contributed by atoms with Gasteiger partial charge in [0.1, 0.15) is 11.2 Å². The minimum Gasteiger partial charge on any atom is -0.465 e. The average Bonchev–Trinajstić information content (AvgIpc) is 3.67. The van der Waals surface area contributed by atoms with Crippen molar-refractivity contribution >= 4 is 17.9 Å². The zero-order valence-electron chi connectivity index (χ0n) is 25.6. The predicted molar refractivity (Wildman–Crippen MR) is 151 cm³/mol. The van der Waals surface area contributed by atoms with E-state index in [9.17, 15) is 14.4 Å². The highest BCUT2D eigenvalue weighted by molar-refractivity contribution is 5.85. The van der Waals surface area contributed by atoms with Crippen molar-refractivity contribution in [2.24, 2.45) is 70.5 Å². The van der Waals surface area contributed by atoms with Crippen molar-refractivity contribution in [3.05, 3.63) is 12.2 Å². The van der Waals surface area contributed by atoms with Gasteiger partial charge < -0.3 is 14.2 Å². The van der Waals surface area contributed by atoms with Crippen molar-refractivity contribution in [2.45, 2.75) is 105 Å². The number of carbonyl (C=O) groups is 3. The van der Waals surface area contributed by atoms with E-state index < -0.39 is 28.5 Å². The highest BCUT2D eigenvalue weighted by Gasteiger charge is 2.67. The maximum atomic E-state index is 13.8. The molecule has 222 valence electrons. The summed E-state index contributed by atoms with van der Waals surface area (Å²) in [4.78, 5) is 40.9. The fourth-order valence-electron chi connectivity index (χ4n) is 10.7. The van der Waals surface area contributed by atoms with Crippen LogP contribution >= 0.6 is 0 Å². The molecule has 0 aromatic carbocycles. The second-order valence-corrected chi connectivity index (χ2v) is 16.1. The third kappa shape index (κ3) is 4.54. The summed E-state index contributed by atoms with van der Waals surface area (Å²) in [5.41, 5.74) is -1.70. The molecule has 5 saturated carbocycles. The molecule has 6 aliphatic rings. The molecule has 40 heavy (non-hydrogen) atoms. The first-order chi connectivity index (χ1) is 18.7. The molecule has 6 nitrogen and oxygen atoms in total. The molecule has 0 N–H and O–H groups in total. The molecule has 0 aliphatic heterocycles. The van der Waals surface area contributed by atoms with Crippen molar-refractivity contribution in [3.63, 3.8) is 0 Å². The maximum Gasteiger partial charge on any atom is 0.310 e. The summed E-state index contributed by atoms with van der Waals surface area (Å²) in [5.74, 6) is 2.39. The van der Waals surface area contributed by atoms with E-state index in [1.807, 2.05) is 41.5 Å². The van der Waals surface area contributed by atoms with Gasteiger partial charge in [-0.2, -0.15) is 0 Å². The summed E-state index contributed by atoms with van der Waals surface area (Å²) in [7, 11) is 0. The fraction of sp³-hybridized carbons (Fsp3) is 0.853. The molecule has 0 radical (unpaired) electrons. The van der Waals surface area contributed by atoms with Gasteiger partial charge in [-0.3, -0.25) is 14.4 Å². The second-order valence-electron chi connectivity index (χ2n) is 16.1. The van der Waals surface area contributed by atoms with Crippen LogP contribution in [0.2, 0.25) is 0 Å². The number of hydrogen-bond acceptors (Lipinski definition) is 6. The molecular weight excluding hydrogens is 504 g/mol. The largest absolute Gasteiger partial charge is 0.465 e. The Morgan fingerprint density at radius 1 is 0.850 bits per heavy atom. The standard InChI is InChI=1S/C34H50O6/c1-8-22(17-38-29(35)24-15-21-14-23(24)26-19-10-9-18(13-19)25(21)26)34-12-11-20(16-34)27(30(36)39-32(2,3)4)28(34)31(37)40-33(5,6)7/h9-10,18-28H,8,11-17H2,1-7H3. The van der Waals surface area contributed by atoms with Crippen LogP contribution in [0.1, 0.15) is 93.4 Å². The third-order valence-corrected chi connectivity index (χ3v) is 11.8. The van der Waals surface area contributed by atoms with Crippen LogP contribution in [0, 0.1) is 70.5 Å². The van der Waals surface area contributed by atoms with E-state index in [4.69, 9.17) is 14.2 Å². The van der Waals surface area contributed by atoms with Crippen molar-refractivity contribution in [3.8, 4) is 0 Å². The Hall–Kier alpha value is -1.85. The predicted octanol–water partition coefficient (Wildman–Crippen LogP) is 6.37. The zero-order chi connectivity index (χ0) is 28.8. The normalized spacial score (nSPS) is 43.2. The monoisotopic (exact) mass is 554 g/mol. The Morgan fingerprint density at radius 2 is 1.50 bits per heavy atom. The smallest absolute Gasteiger partial charge is 0.310 e. The fourth-order valence-corrected chi connectivity index (χ4v) is 10.7. The lowest BCUT2D eigenvalue weighted by molar-refractivity contribution is -0.181. The summed E-state index contributed by atoms with van der Waals surface area (Å²) in [6.07, 6.45) is 11.6. The number of ether oxygens (including phenoxy) is 3. The third-order valence-electron chi connectivity index (χ3n) is 11.8. The van der Waals surface area contributed by atoms with Crippen LogP contribution in [0.25, 0.3) is 0 Å². The summed E-state index contributed by atoms with van der Waals surface area (Å²) >= 11 is 0. The van der Waals surface area contributed by atoms with Gasteiger partial charge in [0.2, 0.25) is 0 Å². The van der Waals surface area contributed by atoms with Crippen molar-refractivity contribution in [2.75, 3.05) is 6.61 Å². The lowest BCUT2D eigenvalue weighted by atomic mass is 9.63. The summed E-state index contributed by atoms with van der Waals surface area (Å²) in [6, 6.07) is 0. The molecule has 0 aromatic heterocycles. The van der Waals surface area contributed by atoms with Gasteiger partial charge in [-0.1, -0.05) is 19.1 Å². The van der Waals surface area contributed by atoms with Gasteiger partial charge in [-0.05, 0) is 139 Å². The van der Waals surface area contributed by atoms with Crippen LogP contribution in [-0.2, 0) is 28.6 Å². The number of carbonyl (C=O) groups excluding carboxylic acids is 3. The van der Waals surface area contributed by atoms with Crippen molar-refractivity contribution in [1.29, 1.82) is 0 Å². The molecular formula is C34H50O6. The Balaban J connectivity index is 1.19. The highest BCUT2D eigenvalue weighted by Crippen LogP contribution is 2.68. The van der Waals surface area contributed by atoms with E-state index >= 15 is 0 Å². The molecule has 0 aromatic rings. The Morgan fingerprint density at radius 3 is 2.15 bits per heavy atom. The Kier molecular flexibility index (Phi) is 6.78. The van der Waals surface area contributed by atoms with E-state index in [0.29, 0.717) is 30.3 Å². The van der Waals surface area contributed by atoms with Crippen LogP contribution in [0.15, 0.2) is 12.2 Å². The molecule has 12 atom stereocenters. The molecule has 0 amide bonds. The molecule has 0 saturated heterocycles. The molecule has 0 spiro atoms. The van der Waals surface area contributed by atoms with Crippen molar-refractivity contribution < 1.29 is 28.6 Å². The molecule has 6 aliphatic carbocycles. The number of fused-ring (bicyclic) bond motifs is 11. The summed E-state index contributed by atoms with van der Waals surface area (Å²) in [6.45, 7) is 13.7. The lowest BCUT2D eigenvalue weighted by Crippen LogP contribution is -2.48. The number of esters is 3. The molecule has 5 fully saturated rings. The van der Waals surface area contributed by atoms with Crippen molar-refractivity contribution in [1.82, 2.24) is 0 Å². The van der Waals surface area contributed by atoms with Crippen LogP contribution in [-0.4, -0.2) is 35.7 Å². The molecule has 12 unspecified atom stereocenters. The van der Waals surface area contributed by atoms with E-state index in [0.717, 1.165) is 43.9 Å². The van der Waals surface area contributed by atoms with E-state index in [1.165, 1.54) is 12.8 Å². The van der Waals surface area contributed by atoms with Crippen LogP contribution in [0.3, 0.4) is 0 Å². The lowest BCUT2D eigenvalue weighted by Gasteiger charge is -2.43. The Bertz CT molecular complexity index is 1080. The average molecular weight is 555 g/mol. The summed E-state index contributed by atoms with van der Waals surface area (Å²) < 4.78 is 18.0. The van der Waals surface area contributed by atoms with Gasteiger partial charge in [0.15, 0.2) is 0 Å². The second kappa shape index (κ2) is 9.59. The molecule has 0 heterocycles. The topological polar surface area (TPSA) is 78.9 Å². The Labute approximate surface area is 240 Å². The SMILES string of the molecule is CCC(COC(=O)C1CC2CC1C1C3C=CC(C3)C21)C12CCC(C1)C(C(=O)OC(C)(C)C)C2C(=O)OC(C)(C)C. The first kappa shape index (κ1) is 28.3. The van der Waals surface area contributed by atoms with E-state index in [2.05, 4.69) is 19.1 Å². The quantitative estimate of drug-likeness (QED) is 0.158. The maximum absolute atomic E-state index is 13.8. The first-order valence-corrected chi connectivity index (χ1v) is 16.0. The molecule has 6 rings (SSSR count). The number of hydrogen-bond donors (Lipinski definition) is 0. The van der Waals surface area contributed by atoms with Gasteiger partial charge in [0.05, 0.1) is 24.4 Å². The minimum absolute atomic E-state index is 0.00294.